The standard InChI is InChI=1S/C13H20NO4S.Na/c1-9(2)19-13(3,4)8-7-12(17)18-14-10(15)5-6-11(14)16;/h5,9H,6-8H2,1-4H3;/q-1;+1. The molecular weight excluding hydrogens is 289 g/mol. The molecule has 0 N–H and O–H groups in total. The Labute approximate surface area is 146 Å². The molecular formula is C13H20NNaO4S. The van der Waals surface area contributed by atoms with Crippen molar-refractivity contribution in [2.75, 3.05) is 0 Å². The van der Waals surface area contributed by atoms with E-state index in [-0.39, 0.29) is 47.1 Å². The summed E-state index contributed by atoms with van der Waals surface area (Å²) in [4.78, 5) is 38.9. The monoisotopic (exact) mass is 309 g/mol. The first kappa shape index (κ1) is 19.8. The molecule has 0 atom stereocenters. The van der Waals surface area contributed by atoms with Crippen LogP contribution >= 0.6 is 11.8 Å². The minimum absolute atomic E-state index is 0. The third-order valence-electron chi connectivity index (χ3n) is 2.56. The van der Waals surface area contributed by atoms with Gasteiger partial charge in [-0.3, -0.25) is 11.2 Å². The van der Waals surface area contributed by atoms with Crippen LogP contribution in [-0.4, -0.2) is 32.8 Å². The summed E-state index contributed by atoms with van der Waals surface area (Å²) in [5.74, 6) is -1.60. The van der Waals surface area contributed by atoms with Gasteiger partial charge in [0.1, 0.15) is 5.91 Å². The third kappa shape index (κ3) is 6.52. The Kier molecular flexibility index (Phi) is 8.25. The van der Waals surface area contributed by atoms with Crippen LogP contribution in [0.2, 0.25) is 0 Å². The molecule has 0 aromatic heterocycles. The molecule has 0 radical (unpaired) electrons. The molecule has 2 amide bonds. The molecule has 108 valence electrons. The molecule has 0 aromatic rings. The summed E-state index contributed by atoms with van der Waals surface area (Å²) in [6.45, 7) is 8.32. The van der Waals surface area contributed by atoms with Crippen LogP contribution in [-0.2, 0) is 19.2 Å². The van der Waals surface area contributed by atoms with Gasteiger partial charge in [0.05, 0.1) is 0 Å². The number of imide groups is 1. The first-order valence-corrected chi connectivity index (χ1v) is 7.18. The van der Waals surface area contributed by atoms with Crippen molar-refractivity contribution in [1.29, 1.82) is 0 Å². The Morgan fingerprint density at radius 2 is 2.05 bits per heavy atom. The number of hydrogen-bond donors (Lipinski definition) is 0. The van der Waals surface area contributed by atoms with Crippen molar-refractivity contribution in [1.82, 2.24) is 5.06 Å². The van der Waals surface area contributed by atoms with Crippen molar-refractivity contribution in [3.63, 3.8) is 0 Å². The zero-order chi connectivity index (χ0) is 14.6. The van der Waals surface area contributed by atoms with Crippen LogP contribution < -0.4 is 29.6 Å². The Balaban J connectivity index is 0.00000361. The van der Waals surface area contributed by atoms with Gasteiger partial charge in [-0.25, -0.2) is 4.79 Å². The number of amides is 2. The van der Waals surface area contributed by atoms with Gasteiger partial charge in [0.2, 0.25) is 5.91 Å². The van der Waals surface area contributed by atoms with Crippen molar-refractivity contribution in [3.05, 3.63) is 6.42 Å². The summed E-state index contributed by atoms with van der Waals surface area (Å²) < 4.78 is -0.0433. The largest absolute Gasteiger partial charge is 1.00 e. The minimum atomic E-state index is -0.561. The second-order valence-electron chi connectivity index (χ2n) is 5.32. The van der Waals surface area contributed by atoms with Crippen molar-refractivity contribution >= 4 is 29.5 Å². The quantitative estimate of drug-likeness (QED) is 0.362. The fraction of sp³-hybridized carbons (Fsp3) is 0.692. The van der Waals surface area contributed by atoms with E-state index in [2.05, 4.69) is 27.7 Å². The SMILES string of the molecule is CC(C)SC(C)(C)CCC(=O)ON1C(=O)[CH-]CC1=O.[Na+]. The molecule has 1 aliphatic rings. The number of hydrogen-bond acceptors (Lipinski definition) is 5. The minimum Gasteiger partial charge on any atom is -0.333 e. The van der Waals surface area contributed by atoms with Gasteiger partial charge in [0.15, 0.2) is 0 Å². The zero-order valence-corrected chi connectivity index (χ0v) is 15.6. The molecule has 1 fully saturated rings. The number of rotatable bonds is 6. The van der Waals surface area contributed by atoms with Gasteiger partial charge in [0, 0.05) is 11.2 Å². The smallest absolute Gasteiger partial charge is 0.333 e. The van der Waals surface area contributed by atoms with Crippen molar-refractivity contribution in [3.8, 4) is 0 Å². The molecule has 0 aliphatic carbocycles. The van der Waals surface area contributed by atoms with E-state index in [4.69, 9.17) is 4.84 Å². The molecule has 1 rings (SSSR count). The molecule has 0 saturated carbocycles. The van der Waals surface area contributed by atoms with Crippen molar-refractivity contribution in [2.24, 2.45) is 0 Å². The Bertz CT molecular complexity index is 369. The van der Waals surface area contributed by atoms with E-state index >= 15 is 0 Å². The molecule has 1 saturated heterocycles. The number of thioether (sulfide) groups is 1. The van der Waals surface area contributed by atoms with Gasteiger partial charge in [0.25, 0.3) is 0 Å². The van der Waals surface area contributed by atoms with Gasteiger partial charge in [-0.05, 0) is 11.7 Å². The van der Waals surface area contributed by atoms with Gasteiger partial charge in [-0.2, -0.15) is 11.8 Å². The zero-order valence-electron chi connectivity index (χ0n) is 12.8. The first-order chi connectivity index (χ1) is 8.71. The van der Waals surface area contributed by atoms with E-state index < -0.39 is 17.8 Å². The molecule has 0 spiro atoms. The Hall–Kier alpha value is -0.170. The van der Waals surface area contributed by atoms with E-state index in [1.54, 1.807) is 11.8 Å². The summed E-state index contributed by atoms with van der Waals surface area (Å²) >= 11 is 1.78. The molecule has 1 heterocycles. The maximum absolute atomic E-state index is 11.6. The van der Waals surface area contributed by atoms with Crippen LogP contribution in [0.25, 0.3) is 0 Å². The van der Waals surface area contributed by atoms with Crippen molar-refractivity contribution < 1.29 is 48.8 Å². The summed E-state index contributed by atoms with van der Waals surface area (Å²) in [7, 11) is 0. The molecule has 5 nitrogen and oxygen atoms in total. The third-order valence-corrected chi connectivity index (χ3v) is 3.87. The van der Waals surface area contributed by atoms with E-state index in [1.807, 2.05) is 0 Å². The van der Waals surface area contributed by atoms with E-state index in [0.29, 0.717) is 16.7 Å². The van der Waals surface area contributed by atoms with Gasteiger partial charge < -0.3 is 9.63 Å². The summed E-state index contributed by atoms with van der Waals surface area (Å²) in [6.07, 6.45) is 2.02. The van der Waals surface area contributed by atoms with Gasteiger partial charge >= 0.3 is 35.5 Å². The Morgan fingerprint density at radius 3 is 2.50 bits per heavy atom. The van der Waals surface area contributed by atoms with Crippen LogP contribution in [0.15, 0.2) is 0 Å². The van der Waals surface area contributed by atoms with Crippen LogP contribution in [0.4, 0.5) is 0 Å². The predicted molar refractivity (Wildman–Crippen MR) is 72.9 cm³/mol. The maximum atomic E-state index is 11.6. The number of carbonyl (C=O) groups excluding carboxylic acids is 3. The second-order valence-corrected chi connectivity index (χ2v) is 7.61. The molecule has 0 aromatic carbocycles. The molecule has 0 unspecified atom stereocenters. The average Bonchev–Trinajstić information content (AvgIpc) is 2.57. The number of carbonyl (C=O) groups is 3. The normalized spacial score (nSPS) is 15.2. The van der Waals surface area contributed by atoms with Gasteiger partial charge in [-0.1, -0.05) is 34.1 Å². The predicted octanol–water partition coefficient (Wildman–Crippen LogP) is -0.888. The second kappa shape index (κ2) is 8.32. The van der Waals surface area contributed by atoms with E-state index in [9.17, 15) is 14.4 Å². The van der Waals surface area contributed by atoms with Crippen LogP contribution in [0.5, 0.6) is 0 Å². The number of nitrogens with zero attached hydrogens (tertiary/aromatic N) is 1. The van der Waals surface area contributed by atoms with Crippen LogP contribution in [0.1, 0.15) is 47.0 Å². The Morgan fingerprint density at radius 1 is 1.45 bits per heavy atom. The van der Waals surface area contributed by atoms with E-state index in [1.165, 1.54) is 6.42 Å². The average molecular weight is 309 g/mol. The molecule has 1 aliphatic heterocycles. The first-order valence-electron chi connectivity index (χ1n) is 6.30. The molecule has 20 heavy (non-hydrogen) atoms. The fourth-order valence-electron chi connectivity index (χ4n) is 1.81. The summed E-state index contributed by atoms with van der Waals surface area (Å²) in [5, 5.41) is 1.02. The molecule has 0 bridgehead atoms. The fourth-order valence-corrected chi connectivity index (χ4v) is 3.30. The van der Waals surface area contributed by atoms with Crippen LogP contribution in [0.3, 0.4) is 0 Å². The van der Waals surface area contributed by atoms with E-state index in [0.717, 1.165) is 0 Å². The number of hydroxylamine groups is 2. The summed E-state index contributed by atoms with van der Waals surface area (Å²) in [5.41, 5.74) is 0. The van der Waals surface area contributed by atoms with Crippen LogP contribution in [0, 0.1) is 6.42 Å². The summed E-state index contributed by atoms with van der Waals surface area (Å²) in [6, 6.07) is 0. The topological polar surface area (TPSA) is 63.7 Å². The van der Waals surface area contributed by atoms with Crippen molar-refractivity contribution in [2.45, 2.75) is 57.0 Å². The van der Waals surface area contributed by atoms with Gasteiger partial charge in [-0.15, -0.1) is 5.06 Å². The molecule has 7 heteroatoms. The maximum Gasteiger partial charge on any atom is 1.00 e.